The molecule has 2 rings (SSSR count). The first-order valence-electron chi connectivity index (χ1n) is 8.12. The molecule has 1 aromatic rings. The molecule has 1 aliphatic rings. The van der Waals surface area contributed by atoms with Gasteiger partial charge in [-0.1, -0.05) is 24.3 Å². The number of hydrogen-bond donors (Lipinski definition) is 1. The quantitative estimate of drug-likeness (QED) is 0.710. The number of ether oxygens (including phenoxy) is 2. The first-order valence-corrected chi connectivity index (χ1v) is 8.12. The van der Waals surface area contributed by atoms with Crippen molar-refractivity contribution in [1.29, 1.82) is 0 Å². The average molecular weight is 291 g/mol. The number of benzene rings is 1. The summed E-state index contributed by atoms with van der Waals surface area (Å²) in [4.78, 5) is 0. The first kappa shape index (κ1) is 16.5. The molecule has 0 aliphatic heterocycles. The molecule has 0 heterocycles. The van der Waals surface area contributed by atoms with E-state index in [-0.39, 0.29) is 5.41 Å². The minimum atomic E-state index is 0.286. The Morgan fingerprint density at radius 3 is 2.86 bits per heavy atom. The Kier molecular flexibility index (Phi) is 6.68. The van der Waals surface area contributed by atoms with Crippen LogP contribution in [0.3, 0.4) is 0 Å². The molecule has 0 bridgehead atoms. The van der Waals surface area contributed by atoms with Crippen LogP contribution in [0.25, 0.3) is 0 Å². The summed E-state index contributed by atoms with van der Waals surface area (Å²) >= 11 is 0. The molecule has 21 heavy (non-hydrogen) atoms. The smallest absolute Gasteiger partial charge is 0.0700 e. The lowest BCUT2D eigenvalue weighted by atomic mass is 9.67. The summed E-state index contributed by atoms with van der Waals surface area (Å²) in [5.41, 5.74) is 3.38. The van der Waals surface area contributed by atoms with Gasteiger partial charge >= 0.3 is 0 Å². The molecule has 0 fully saturated rings. The lowest BCUT2D eigenvalue weighted by Gasteiger charge is -2.39. The van der Waals surface area contributed by atoms with E-state index < -0.39 is 0 Å². The van der Waals surface area contributed by atoms with Crippen LogP contribution in [0.4, 0.5) is 0 Å². The Balaban J connectivity index is 1.97. The van der Waals surface area contributed by atoms with Gasteiger partial charge in [0.1, 0.15) is 0 Å². The van der Waals surface area contributed by atoms with E-state index in [4.69, 9.17) is 9.47 Å². The predicted molar refractivity (Wildman–Crippen MR) is 86.9 cm³/mol. The first-order chi connectivity index (χ1) is 10.3. The molecular formula is C18H29NO2. The highest BCUT2D eigenvalue weighted by Gasteiger charge is 2.35. The molecule has 0 spiro atoms. The summed E-state index contributed by atoms with van der Waals surface area (Å²) in [6.45, 7) is 3.27. The van der Waals surface area contributed by atoms with Crippen LogP contribution in [0, 0.1) is 0 Å². The average Bonchev–Trinajstić information content (AvgIpc) is 2.52. The molecule has 0 amide bonds. The number of hydrogen-bond acceptors (Lipinski definition) is 3. The van der Waals surface area contributed by atoms with Gasteiger partial charge in [0.25, 0.3) is 0 Å². The van der Waals surface area contributed by atoms with E-state index in [1.165, 1.54) is 25.7 Å². The van der Waals surface area contributed by atoms with Crippen LogP contribution in [-0.4, -0.2) is 40.5 Å². The molecule has 1 unspecified atom stereocenters. The van der Waals surface area contributed by atoms with Gasteiger partial charge in [0.2, 0.25) is 0 Å². The van der Waals surface area contributed by atoms with E-state index in [9.17, 15) is 0 Å². The van der Waals surface area contributed by atoms with Gasteiger partial charge in [0.15, 0.2) is 0 Å². The summed E-state index contributed by atoms with van der Waals surface area (Å²) in [6.07, 6.45) is 6.11. The van der Waals surface area contributed by atoms with Gasteiger partial charge in [-0.25, -0.2) is 0 Å². The molecule has 1 aliphatic carbocycles. The summed E-state index contributed by atoms with van der Waals surface area (Å²) in [6, 6.07) is 8.98. The summed E-state index contributed by atoms with van der Waals surface area (Å²) in [5, 5.41) is 3.42. The Bertz CT molecular complexity index is 421. The van der Waals surface area contributed by atoms with Crippen LogP contribution < -0.4 is 5.32 Å². The highest BCUT2D eigenvalue weighted by molar-refractivity contribution is 5.37. The van der Waals surface area contributed by atoms with Crippen LogP contribution >= 0.6 is 0 Å². The van der Waals surface area contributed by atoms with Gasteiger partial charge < -0.3 is 14.8 Å². The maximum atomic E-state index is 5.63. The van der Waals surface area contributed by atoms with Crippen molar-refractivity contribution in [1.82, 2.24) is 5.32 Å². The van der Waals surface area contributed by atoms with E-state index in [0.29, 0.717) is 13.2 Å². The zero-order chi connectivity index (χ0) is 15.0. The van der Waals surface area contributed by atoms with Gasteiger partial charge in [-0.05, 0) is 50.3 Å². The molecule has 118 valence electrons. The largest absolute Gasteiger partial charge is 0.382 e. The lowest BCUT2D eigenvalue weighted by molar-refractivity contribution is 0.0657. The Labute approximate surface area is 129 Å². The van der Waals surface area contributed by atoms with Gasteiger partial charge in [0, 0.05) is 25.7 Å². The van der Waals surface area contributed by atoms with Crippen LogP contribution in [0.15, 0.2) is 24.3 Å². The molecule has 0 saturated heterocycles. The second-order valence-corrected chi connectivity index (χ2v) is 6.03. The molecule has 3 heteroatoms. The maximum absolute atomic E-state index is 5.63. The van der Waals surface area contributed by atoms with Crippen molar-refractivity contribution in [3.63, 3.8) is 0 Å². The van der Waals surface area contributed by atoms with E-state index in [2.05, 4.69) is 36.6 Å². The van der Waals surface area contributed by atoms with Crippen LogP contribution in [-0.2, 0) is 21.3 Å². The highest BCUT2D eigenvalue weighted by Crippen LogP contribution is 2.40. The molecule has 1 atom stereocenters. The summed E-state index contributed by atoms with van der Waals surface area (Å²) in [7, 11) is 3.78. The zero-order valence-corrected chi connectivity index (χ0v) is 13.5. The van der Waals surface area contributed by atoms with E-state index in [1.807, 2.05) is 0 Å². The maximum Gasteiger partial charge on any atom is 0.0700 e. The molecule has 0 saturated carbocycles. The second-order valence-electron chi connectivity index (χ2n) is 6.03. The fraction of sp³-hybridized carbons (Fsp3) is 0.667. The van der Waals surface area contributed by atoms with Crippen molar-refractivity contribution in [3.8, 4) is 0 Å². The molecular weight excluding hydrogens is 262 g/mol. The van der Waals surface area contributed by atoms with Crippen molar-refractivity contribution in [2.24, 2.45) is 0 Å². The fourth-order valence-electron chi connectivity index (χ4n) is 3.63. The third kappa shape index (κ3) is 4.29. The van der Waals surface area contributed by atoms with Crippen molar-refractivity contribution >= 4 is 0 Å². The second kappa shape index (κ2) is 8.52. The van der Waals surface area contributed by atoms with Gasteiger partial charge in [-0.2, -0.15) is 0 Å². The number of likely N-dealkylation sites (N-methyl/N-ethyl adjacent to an activating group) is 1. The molecule has 1 N–H and O–H groups in total. The minimum absolute atomic E-state index is 0.286. The number of methoxy groups -OCH3 is 1. The zero-order valence-electron chi connectivity index (χ0n) is 13.5. The number of nitrogens with one attached hydrogen (secondary N) is 1. The van der Waals surface area contributed by atoms with Crippen molar-refractivity contribution in [2.45, 2.75) is 37.5 Å². The SMILES string of the molecule is CNCC1(CCCOCCOC)CCCc2ccccc21. The third-order valence-corrected chi connectivity index (χ3v) is 4.58. The summed E-state index contributed by atoms with van der Waals surface area (Å²) < 4.78 is 10.6. The van der Waals surface area contributed by atoms with Gasteiger partial charge in [-0.3, -0.25) is 0 Å². The van der Waals surface area contributed by atoms with Crippen LogP contribution in [0.1, 0.15) is 36.8 Å². The van der Waals surface area contributed by atoms with Crippen molar-refractivity contribution < 1.29 is 9.47 Å². The Hall–Kier alpha value is -0.900. The van der Waals surface area contributed by atoms with Crippen molar-refractivity contribution in [2.75, 3.05) is 40.5 Å². The van der Waals surface area contributed by atoms with Crippen molar-refractivity contribution in [3.05, 3.63) is 35.4 Å². The van der Waals surface area contributed by atoms with E-state index >= 15 is 0 Å². The minimum Gasteiger partial charge on any atom is -0.382 e. The standard InChI is InChI=1S/C18H29NO2/c1-19-15-18(11-6-12-21-14-13-20-2)10-5-8-16-7-3-4-9-17(16)18/h3-4,7,9,19H,5-6,8,10-15H2,1-2H3. The topological polar surface area (TPSA) is 30.5 Å². The molecule has 0 aromatic heterocycles. The molecule has 3 nitrogen and oxygen atoms in total. The fourth-order valence-corrected chi connectivity index (χ4v) is 3.63. The molecule has 1 aromatic carbocycles. The summed E-state index contributed by atoms with van der Waals surface area (Å²) in [5.74, 6) is 0. The van der Waals surface area contributed by atoms with E-state index in [1.54, 1.807) is 18.2 Å². The van der Waals surface area contributed by atoms with Gasteiger partial charge in [0.05, 0.1) is 13.2 Å². The normalized spacial score (nSPS) is 21.2. The lowest BCUT2D eigenvalue weighted by Crippen LogP contribution is -2.40. The van der Waals surface area contributed by atoms with Gasteiger partial charge in [-0.15, -0.1) is 0 Å². The number of rotatable bonds is 9. The van der Waals surface area contributed by atoms with Crippen LogP contribution in [0.5, 0.6) is 0 Å². The van der Waals surface area contributed by atoms with Crippen LogP contribution in [0.2, 0.25) is 0 Å². The monoisotopic (exact) mass is 291 g/mol. The predicted octanol–water partition coefficient (Wildman–Crippen LogP) is 2.92. The number of fused-ring (bicyclic) bond motifs is 1. The Morgan fingerprint density at radius 1 is 1.19 bits per heavy atom. The number of aryl methyl sites for hydroxylation is 1. The highest BCUT2D eigenvalue weighted by atomic mass is 16.5. The third-order valence-electron chi connectivity index (χ3n) is 4.58. The molecule has 0 radical (unpaired) electrons. The Morgan fingerprint density at radius 2 is 2.05 bits per heavy atom. The van der Waals surface area contributed by atoms with E-state index in [0.717, 1.165) is 19.6 Å².